The van der Waals surface area contributed by atoms with E-state index in [0.717, 1.165) is 24.3 Å². The summed E-state index contributed by atoms with van der Waals surface area (Å²) in [4.78, 5) is 16.9. The van der Waals surface area contributed by atoms with Gasteiger partial charge in [-0.25, -0.2) is 4.98 Å². The molecule has 1 unspecified atom stereocenters. The first-order valence-corrected chi connectivity index (χ1v) is 9.55. The number of carbonyl (C=O) groups is 1. The van der Waals surface area contributed by atoms with Crippen LogP contribution in [0, 0.1) is 0 Å². The second kappa shape index (κ2) is 8.93. The summed E-state index contributed by atoms with van der Waals surface area (Å²) in [5.41, 5.74) is 1.76. The van der Waals surface area contributed by atoms with Crippen LogP contribution in [0.15, 0.2) is 29.6 Å². The molecule has 1 N–H and O–H groups in total. The van der Waals surface area contributed by atoms with Gasteiger partial charge in [0.2, 0.25) is 5.91 Å². The van der Waals surface area contributed by atoms with Crippen molar-refractivity contribution in [2.24, 2.45) is 0 Å². The highest BCUT2D eigenvalue weighted by molar-refractivity contribution is 7.99. The minimum atomic E-state index is -0.156. The van der Waals surface area contributed by atoms with Crippen molar-refractivity contribution in [1.82, 2.24) is 4.98 Å². The largest absolute Gasteiger partial charge is 0.495 e. The molecular weight excluding hydrogens is 328 g/mol. The maximum absolute atomic E-state index is 12.3. The Balaban J connectivity index is 1.87. The first-order chi connectivity index (χ1) is 11.1. The van der Waals surface area contributed by atoms with E-state index >= 15 is 0 Å². The third-order valence-corrected chi connectivity index (χ3v) is 5.41. The van der Waals surface area contributed by atoms with Gasteiger partial charge in [-0.05, 0) is 31.9 Å². The van der Waals surface area contributed by atoms with Gasteiger partial charge in [0.05, 0.1) is 28.7 Å². The fourth-order valence-electron chi connectivity index (χ4n) is 2.01. The Morgan fingerprint density at radius 3 is 2.96 bits per heavy atom. The number of ether oxygens (including phenoxy) is 1. The van der Waals surface area contributed by atoms with E-state index in [4.69, 9.17) is 4.74 Å². The van der Waals surface area contributed by atoms with Gasteiger partial charge in [-0.3, -0.25) is 4.79 Å². The Kier molecular flexibility index (Phi) is 6.92. The lowest BCUT2D eigenvalue weighted by molar-refractivity contribution is -0.115. The number of methoxy groups -OCH3 is 1. The number of aromatic nitrogens is 1. The number of hydrogen-bond acceptors (Lipinski definition) is 5. The summed E-state index contributed by atoms with van der Waals surface area (Å²) in [7, 11) is 1.60. The highest BCUT2D eigenvalue weighted by atomic mass is 32.2. The summed E-state index contributed by atoms with van der Waals surface area (Å²) >= 11 is 3.29. The van der Waals surface area contributed by atoms with E-state index in [9.17, 15) is 4.79 Å². The number of rotatable bonds is 8. The zero-order valence-corrected chi connectivity index (χ0v) is 15.3. The predicted octanol–water partition coefficient (Wildman–Crippen LogP) is 4.36. The molecule has 4 nitrogen and oxygen atoms in total. The van der Waals surface area contributed by atoms with Crippen LogP contribution < -0.4 is 10.1 Å². The van der Waals surface area contributed by atoms with Crippen molar-refractivity contribution in [2.45, 2.75) is 37.7 Å². The summed E-state index contributed by atoms with van der Waals surface area (Å²) in [6, 6.07) is 7.42. The average Bonchev–Trinajstić information content (AvgIpc) is 3.01. The first-order valence-electron chi connectivity index (χ1n) is 7.62. The number of nitrogens with one attached hydrogen (secondary N) is 1. The third kappa shape index (κ3) is 5.25. The topological polar surface area (TPSA) is 51.2 Å². The van der Waals surface area contributed by atoms with Crippen LogP contribution in [-0.4, -0.2) is 23.3 Å². The molecule has 0 aliphatic heterocycles. The lowest BCUT2D eigenvalue weighted by atomic mass is 10.3. The number of hydrogen-bond donors (Lipinski definition) is 1. The number of carbonyl (C=O) groups excluding carboxylic acids is 1. The van der Waals surface area contributed by atoms with Crippen LogP contribution in [0.4, 0.5) is 5.69 Å². The Bertz CT molecular complexity index is 643. The molecule has 0 aliphatic rings. The second-order valence-electron chi connectivity index (χ2n) is 5.13. The molecule has 2 aromatic rings. The van der Waals surface area contributed by atoms with E-state index < -0.39 is 0 Å². The highest BCUT2D eigenvalue weighted by Crippen LogP contribution is 2.25. The van der Waals surface area contributed by atoms with Crippen LogP contribution in [0.5, 0.6) is 5.75 Å². The van der Waals surface area contributed by atoms with E-state index in [0.29, 0.717) is 11.4 Å². The second-order valence-corrected chi connectivity index (χ2v) is 7.40. The molecule has 0 aliphatic carbocycles. The summed E-state index contributed by atoms with van der Waals surface area (Å²) < 4.78 is 5.25. The molecule has 0 bridgehead atoms. The lowest BCUT2D eigenvalue weighted by Crippen LogP contribution is -2.22. The molecule has 124 valence electrons. The van der Waals surface area contributed by atoms with Crippen molar-refractivity contribution in [2.75, 3.05) is 12.4 Å². The third-order valence-electron chi connectivity index (χ3n) is 3.28. The molecule has 0 fully saturated rings. The minimum absolute atomic E-state index is 0.0245. The van der Waals surface area contributed by atoms with Crippen molar-refractivity contribution in [1.29, 1.82) is 0 Å². The smallest absolute Gasteiger partial charge is 0.237 e. The van der Waals surface area contributed by atoms with Crippen LogP contribution >= 0.6 is 23.1 Å². The monoisotopic (exact) mass is 350 g/mol. The van der Waals surface area contributed by atoms with Crippen LogP contribution in [-0.2, 0) is 17.0 Å². The first kappa shape index (κ1) is 17.8. The number of aryl methyl sites for hydroxylation is 1. The highest BCUT2D eigenvalue weighted by Gasteiger charge is 2.16. The number of para-hydroxylation sites is 2. The normalized spacial score (nSPS) is 12.0. The van der Waals surface area contributed by atoms with Crippen molar-refractivity contribution in [3.05, 3.63) is 40.3 Å². The van der Waals surface area contributed by atoms with Gasteiger partial charge in [0.1, 0.15) is 5.75 Å². The van der Waals surface area contributed by atoms with Gasteiger partial charge in [-0.2, -0.15) is 0 Å². The molecular formula is C17H22N2O2S2. The summed E-state index contributed by atoms with van der Waals surface area (Å²) in [6.07, 6.45) is 2.14. The molecule has 1 heterocycles. The predicted molar refractivity (Wildman–Crippen MR) is 98.5 cm³/mol. The zero-order chi connectivity index (χ0) is 16.7. The minimum Gasteiger partial charge on any atom is -0.495 e. The van der Waals surface area contributed by atoms with Gasteiger partial charge < -0.3 is 10.1 Å². The van der Waals surface area contributed by atoms with Crippen molar-refractivity contribution >= 4 is 34.7 Å². The van der Waals surface area contributed by atoms with Crippen molar-refractivity contribution < 1.29 is 9.53 Å². The zero-order valence-electron chi connectivity index (χ0n) is 13.7. The van der Waals surface area contributed by atoms with Gasteiger partial charge in [-0.15, -0.1) is 23.1 Å². The average molecular weight is 351 g/mol. The van der Waals surface area contributed by atoms with Gasteiger partial charge in [0, 0.05) is 11.1 Å². The maximum Gasteiger partial charge on any atom is 0.237 e. The molecule has 0 saturated heterocycles. The number of anilines is 1. The van der Waals surface area contributed by atoms with E-state index in [1.54, 1.807) is 30.2 Å². The van der Waals surface area contributed by atoms with Crippen molar-refractivity contribution in [3.8, 4) is 5.75 Å². The fourth-order valence-corrected chi connectivity index (χ4v) is 3.80. The van der Waals surface area contributed by atoms with Crippen LogP contribution in [0.25, 0.3) is 0 Å². The van der Waals surface area contributed by atoms with Gasteiger partial charge >= 0.3 is 0 Å². The molecule has 1 aromatic heterocycles. The SMILES string of the molecule is CCCc1nc(CSC(C)C(=O)Nc2ccccc2OC)cs1. The molecule has 0 radical (unpaired) electrons. The molecule has 23 heavy (non-hydrogen) atoms. The number of amides is 1. The molecule has 6 heteroatoms. The standard InChI is InChI=1S/C17H22N2O2S2/c1-4-7-16-18-13(11-23-16)10-22-12(2)17(20)19-14-8-5-6-9-15(14)21-3/h5-6,8-9,11-12H,4,7,10H2,1-3H3,(H,19,20). The molecule has 1 amide bonds. The fraction of sp³-hybridized carbons (Fsp3) is 0.412. The molecule has 1 atom stereocenters. The Labute approximate surface area is 145 Å². The van der Waals surface area contributed by atoms with Gasteiger partial charge in [-0.1, -0.05) is 19.1 Å². The van der Waals surface area contributed by atoms with Crippen LogP contribution in [0.2, 0.25) is 0 Å². The summed E-state index contributed by atoms with van der Waals surface area (Å²) in [5, 5.41) is 6.03. The van der Waals surface area contributed by atoms with Crippen molar-refractivity contribution in [3.63, 3.8) is 0 Å². The Morgan fingerprint density at radius 1 is 1.43 bits per heavy atom. The molecule has 0 saturated carbocycles. The van der Waals surface area contributed by atoms with E-state index in [-0.39, 0.29) is 11.2 Å². The number of thioether (sulfide) groups is 1. The van der Waals surface area contributed by atoms with E-state index in [2.05, 4.69) is 22.6 Å². The van der Waals surface area contributed by atoms with E-state index in [1.165, 1.54) is 5.01 Å². The quantitative estimate of drug-likeness (QED) is 0.768. The molecule has 2 rings (SSSR count). The Morgan fingerprint density at radius 2 is 2.22 bits per heavy atom. The van der Waals surface area contributed by atoms with Gasteiger partial charge in [0.15, 0.2) is 0 Å². The number of thiazole rings is 1. The number of benzene rings is 1. The molecule has 1 aromatic carbocycles. The summed E-state index contributed by atoms with van der Waals surface area (Å²) in [6.45, 7) is 4.06. The van der Waals surface area contributed by atoms with Gasteiger partial charge in [0.25, 0.3) is 0 Å². The van der Waals surface area contributed by atoms with Crippen LogP contribution in [0.3, 0.4) is 0 Å². The maximum atomic E-state index is 12.3. The number of nitrogens with zero attached hydrogens (tertiary/aromatic N) is 1. The van der Waals surface area contributed by atoms with Crippen LogP contribution in [0.1, 0.15) is 31.0 Å². The molecule has 0 spiro atoms. The Hall–Kier alpha value is -1.53. The van der Waals surface area contributed by atoms with E-state index in [1.807, 2.05) is 31.2 Å². The summed E-state index contributed by atoms with van der Waals surface area (Å²) in [5.74, 6) is 1.39. The lowest BCUT2D eigenvalue weighted by Gasteiger charge is -2.13.